The van der Waals surface area contributed by atoms with Crippen molar-refractivity contribution in [3.63, 3.8) is 0 Å². The molecular weight excluding hydrogens is 232 g/mol. The molecule has 0 aliphatic heterocycles. The van der Waals surface area contributed by atoms with E-state index in [1.807, 2.05) is 20.8 Å². The molecule has 0 aliphatic rings. The molecule has 0 saturated carbocycles. The van der Waals surface area contributed by atoms with Crippen LogP contribution >= 0.6 is 0 Å². The van der Waals surface area contributed by atoms with E-state index in [1.165, 1.54) is 19.5 Å². The molecule has 0 bridgehead atoms. The molecule has 0 radical (unpaired) electrons. The van der Waals surface area contributed by atoms with E-state index in [-0.39, 0.29) is 0 Å². The predicted octanol–water partition coefficient (Wildman–Crippen LogP) is 2.09. The van der Waals surface area contributed by atoms with E-state index in [1.54, 1.807) is 0 Å². The molecule has 5 heteroatoms. The number of rotatable bonds is 3. The summed E-state index contributed by atoms with van der Waals surface area (Å²) in [6, 6.07) is 0. The summed E-state index contributed by atoms with van der Waals surface area (Å²) < 4.78 is 10.6. The van der Waals surface area contributed by atoms with Crippen molar-refractivity contribution < 1.29 is 14.3 Å². The summed E-state index contributed by atoms with van der Waals surface area (Å²) in [4.78, 5) is 8.17. The molecule has 0 aromatic carbocycles. The Morgan fingerprint density at radius 1 is 1.17 bits per heavy atom. The summed E-state index contributed by atoms with van der Waals surface area (Å²) in [6.07, 6.45) is 2.15. The number of aryl methyl sites for hydroxylation is 2. The minimum Gasteiger partial charge on any atom is -0.480 e. The van der Waals surface area contributed by atoms with E-state index in [9.17, 15) is 5.11 Å². The number of aromatic nitrogens is 2. The van der Waals surface area contributed by atoms with Gasteiger partial charge in [0.05, 0.1) is 7.11 Å². The Labute approximate surface area is 105 Å². The monoisotopic (exact) mass is 248 g/mol. The van der Waals surface area contributed by atoms with Crippen LogP contribution in [-0.2, 0) is 0 Å². The molecule has 0 saturated heterocycles. The van der Waals surface area contributed by atoms with Crippen molar-refractivity contribution in [3.05, 3.63) is 40.7 Å². The summed E-state index contributed by atoms with van der Waals surface area (Å²) in [7, 11) is 1.50. The van der Waals surface area contributed by atoms with Gasteiger partial charge < -0.3 is 14.3 Å². The topological polar surface area (TPSA) is 68.4 Å². The van der Waals surface area contributed by atoms with Crippen LogP contribution in [0.1, 0.15) is 34.4 Å². The van der Waals surface area contributed by atoms with Gasteiger partial charge in [-0.05, 0) is 26.3 Å². The van der Waals surface area contributed by atoms with Crippen LogP contribution in [0.3, 0.4) is 0 Å². The van der Waals surface area contributed by atoms with Crippen LogP contribution in [0.15, 0.2) is 16.8 Å². The van der Waals surface area contributed by atoms with Crippen LogP contribution in [0, 0.1) is 20.8 Å². The molecule has 2 heterocycles. The van der Waals surface area contributed by atoms with Crippen LogP contribution in [0.5, 0.6) is 5.88 Å². The van der Waals surface area contributed by atoms with Gasteiger partial charge in [-0.3, -0.25) is 4.98 Å². The fourth-order valence-corrected chi connectivity index (χ4v) is 2.03. The van der Waals surface area contributed by atoms with Crippen molar-refractivity contribution in [2.24, 2.45) is 0 Å². The molecule has 1 unspecified atom stereocenters. The fraction of sp³-hybridized carbons (Fsp3) is 0.385. The molecule has 2 aromatic rings. The molecule has 2 rings (SSSR count). The highest BCUT2D eigenvalue weighted by molar-refractivity contribution is 5.39. The van der Waals surface area contributed by atoms with Crippen LogP contribution in [0.4, 0.5) is 0 Å². The number of furan rings is 1. The highest BCUT2D eigenvalue weighted by Gasteiger charge is 2.24. The Bertz CT molecular complexity index is 563. The lowest BCUT2D eigenvalue weighted by atomic mass is 10.0. The van der Waals surface area contributed by atoms with Gasteiger partial charge >= 0.3 is 0 Å². The first-order valence-electron chi connectivity index (χ1n) is 5.65. The maximum Gasteiger partial charge on any atom is 0.238 e. The maximum absolute atomic E-state index is 10.4. The minimum atomic E-state index is -0.897. The lowest BCUT2D eigenvalue weighted by Gasteiger charge is -2.12. The molecule has 0 fully saturated rings. The van der Waals surface area contributed by atoms with Crippen LogP contribution in [0.25, 0.3) is 0 Å². The van der Waals surface area contributed by atoms with Crippen LogP contribution in [-0.4, -0.2) is 22.2 Å². The largest absolute Gasteiger partial charge is 0.480 e. The quantitative estimate of drug-likeness (QED) is 0.900. The van der Waals surface area contributed by atoms with Gasteiger partial charge in [0, 0.05) is 18.0 Å². The second-order valence-corrected chi connectivity index (χ2v) is 4.11. The van der Waals surface area contributed by atoms with Gasteiger partial charge in [-0.15, -0.1) is 0 Å². The lowest BCUT2D eigenvalue weighted by Crippen LogP contribution is -2.07. The standard InChI is InChI=1S/C13H16N2O3/c1-7-8(2)18-9(3)10(7)12(16)11-13(17-4)15-6-5-14-11/h5-6,12,16H,1-4H3. The zero-order chi connectivity index (χ0) is 13.3. The van der Waals surface area contributed by atoms with Crippen molar-refractivity contribution in [2.75, 3.05) is 7.11 Å². The summed E-state index contributed by atoms with van der Waals surface area (Å²) in [6.45, 7) is 5.60. The van der Waals surface area contributed by atoms with Crippen molar-refractivity contribution in [1.82, 2.24) is 9.97 Å². The molecule has 96 valence electrons. The molecular formula is C13H16N2O3. The number of methoxy groups -OCH3 is 1. The number of nitrogens with zero attached hydrogens (tertiary/aromatic N) is 2. The Hall–Kier alpha value is -1.88. The number of aliphatic hydroxyl groups excluding tert-OH is 1. The fourth-order valence-electron chi connectivity index (χ4n) is 2.03. The number of ether oxygens (including phenoxy) is 1. The SMILES string of the molecule is COc1nccnc1C(O)c1c(C)oc(C)c1C. The molecule has 0 amide bonds. The van der Waals surface area contributed by atoms with E-state index in [4.69, 9.17) is 9.15 Å². The summed E-state index contributed by atoms with van der Waals surface area (Å²) in [5.41, 5.74) is 2.05. The second kappa shape index (κ2) is 4.78. The lowest BCUT2D eigenvalue weighted by molar-refractivity contribution is 0.205. The van der Waals surface area contributed by atoms with Crippen molar-refractivity contribution in [3.8, 4) is 5.88 Å². The number of aliphatic hydroxyl groups is 1. The van der Waals surface area contributed by atoms with Crippen LogP contribution < -0.4 is 4.74 Å². The summed E-state index contributed by atoms with van der Waals surface area (Å²) in [5, 5.41) is 10.4. The third-order valence-electron chi connectivity index (χ3n) is 3.03. The average Bonchev–Trinajstić information content (AvgIpc) is 2.62. The Morgan fingerprint density at radius 3 is 2.39 bits per heavy atom. The number of hydrogen-bond acceptors (Lipinski definition) is 5. The first kappa shape index (κ1) is 12.6. The molecule has 0 spiro atoms. The van der Waals surface area contributed by atoms with Gasteiger partial charge in [0.1, 0.15) is 23.3 Å². The van der Waals surface area contributed by atoms with Crippen molar-refractivity contribution >= 4 is 0 Å². The third kappa shape index (κ3) is 1.97. The highest BCUT2D eigenvalue weighted by atomic mass is 16.5. The van der Waals surface area contributed by atoms with Crippen molar-refractivity contribution in [2.45, 2.75) is 26.9 Å². The third-order valence-corrected chi connectivity index (χ3v) is 3.03. The van der Waals surface area contributed by atoms with Gasteiger partial charge in [0.15, 0.2) is 0 Å². The first-order chi connectivity index (χ1) is 8.56. The first-order valence-corrected chi connectivity index (χ1v) is 5.65. The van der Waals surface area contributed by atoms with Crippen LogP contribution in [0.2, 0.25) is 0 Å². The van der Waals surface area contributed by atoms with Gasteiger partial charge in [-0.1, -0.05) is 0 Å². The van der Waals surface area contributed by atoms with E-state index in [2.05, 4.69) is 9.97 Å². The predicted molar refractivity (Wildman–Crippen MR) is 65.6 cm³/mol. The molecule has 2 aromatic heterocycles. The van der Waals surface area contributed by atoms with Gasteiger partial charge in [-0.25, -0.2) is 4.98 Å². The zero-order valence-corrected chi connectivity index (χ0v) is 10.9. The van der Waals surface area contributed by atoms with E-state index >= 15 is 0 Å². The Balaban J connectivity index is 2.51. The van der Waals surface area contributed by atoms with E-state index < -0.39 is 6.10 Å². The molecule has 0 aliphatic carbocycles. The van der Waals surface area contributed by atoms with Gasteiger partial charge in [-0.2, -0.15) is 0 Å². The van der Waals surface area contributed by atoms with E-state index in [0.717, 1.165) is 16.9 Å². The molecule has 5 nitrogen and oxygen atoms in total. The van der Waals surface area contributed by atoms with Gasteiger partial charge in [0.25, 0.3) is 0 Å². The smallest absolute Gasteiger partial charge is 0.238 e. The average molecular weight is 248 g/mol. The maximum atomic E-state index is 10.4. The number of hydrogen-bond donors (Lipinski definition) is 1. The van der Waals surface area contributed by atoms with Gasteiger partial charge in [0.2, 0.25) is 5.88 Å². The zero-order valence-electron chi connectivity index (χ0n) is 10.9. The summed E-state index contributed by atoms with van der Waals surface area (Å²) in [5.74, 6) is 1.80. The normalized spacial score (nSPS) is 12.5. The van der Waals surface area contributed by atoms with E-state index in [0.29, 0.717) is 17.3 Å². The highest BCUT2D eigenvalue weighted by Crippen LogP contribution is 2.33. The molecule has 1 atom stereocenters. The molecule has 1 N–H and O–H groups in total. The van der Waals surface area contributed by atoms with Crippen molar-refractivity contribution in [1.29, 1.82) is 0 Å². The Morgan fingerprint density at radius 2 is 1.83 bits per heavy atom. The molecule has 18 heavy (non-hydrogen) atoms. The second-order valence-electron chi connectivity index (χ2n) is 4.11. The Kier molecular flexibility index (Phi) is 3.34. The minimum absolute atomic E-state index is 0.322. The summed E-state index contributed by atoms with van der Waals surface area (Å²) >= 11 is 0.